The van der Waals surface area contributed by atoms with Crippen LogP contribution in [-0.2, 0) is 14.3 Å². The Bertz CT molecular complexity index is 1010. The first kappa shape index (κ1) is 25.5. The predicted molar refractivity (Wildman–Crippen MR) is 130 cm³/mol. The fourth-order valence-corrected chi connectivity index (χ4v) is 6.68. The molecule has 2 aliphatic carbocycles. The Hall–Kier alpha value is -2.64. The van der Waals surface area contributed by atoms with Crippen LogP contribution in [0.5, 0.6) is 5.75 Å². The van der Waals surface area contributed by atoms with Gasteiger partial charge < -0.3 is 24.4 Å². The molecule has 2 fully saturated rings. The van der Waals surface area contributed by atoms with E-state index in [1.54, 1.807) is 30.3 Å². The summed E-state index contributed by atoms with van der Waals surface area (Å²) in [6.45, 7) is 8.77. The molecule has 1 aromatic carbocycles. The van der Waals surface area contributed by atoms with Crippen LogP contribution in [0.4, 0.5) is 0 Å². The van der Waals surface area contributed by atoms with Crippen molar-refractivity contribution in [3.63, 3.8) is 0 Å². The maximum atomic E-state index is 12.5. The summed E-state index contributed by atoms with van der Waals surface area (Å²) in [4.78, 5) is 24.3. The summed E-state index contributed by atoms with van der Waals surface area (Å²) in [5.74, 6) is -0.134. The summed E-state index contributed by atoms with van der Waals surface area (Å²) in [6.07, 6.45) is 4.28. The minimum absolute atomic E-state index is 0.0354. The highest BCUT2D eigenvalue weighted by Gasteiger charge is 2.58. The molecule has 6 atom stereocenters. The molecule has 0 bridgehead atoms. The summed E-state index contributed by atoms with van der Waals surface area (Å²) in [7, 11) is 1.33. The smallest absolute Gasteiger partial charge is 0.337 e. The minimum Gasteiger partial charge on any atom is -0.485 e. The third kappa shape index (κ3) is 4.52. The number of ether oxygens (including phenoxy) is 3. The number of carbonyl (C=O) groups is 2. The van der Waals surface area contributed by atoms with Crippen LogP contribution in [0.25, 0.3) is 0 Å². The highest BCUT2D eigenvalue weighted by Crippen LogP contribution is 2.62. The number of benzene rings is 1. The van der Waals surface area contributed by atoms with Crippen molar-refractivity contribution in [2.45, 2.75) is 58.2 Å². The van der Waals surface area contributed by atoms with Crippen molar-refractivity contribution < 1.29 is 34.0 Å². The summed E-state index contributed by atoms with van der Waals surface area (Å²) in [5.41, 5.74) is 1.22. The van der Waals surface area contributed by atoms with Crippen LogP contribution in [0.3, 0.4) is 0 Å². The van der Waals surface area contributed by atoms with Crippen LogP contribution in [0.2, 0.25) is 0 Å². The Labute approximate surface area is 206 Å². The quantitative estimate of drug-likeness (QED) is 0.448. The lowest BCUT2D eigenvalue weighted by atomic mass is 9.46. The normalized spacial score (nSPS) is 33.4. The maximum absolute atomic E-state index is 12.5. The average molecular weight is 485 g/mol. The molecule has 2 N–H and O–H groups in total. The SMILES string of the molecule is C=C1CC[C@@H]2[C@](C)(CO)[C@H](O)CC[C@@]2(C)[C@@H]1CC(Oc1ccc(C(=O)OC)cc1)C1=CCOC1=O. The molecule has 0 spiro atoms. The first-order valence-electron chi connectivity index (χ1n) is 12.3. The van der Waals surface area contributed by atoms with E-state index in [4.69, 9.17) is 14.2 Å². The van der Waals surface area contributed by atoms with Crippen LogP contribution in [0.15, 0.2) is 48.1 Å². The maximum Gasteiger partial charge on any atom is 0.337 e. The number of aliphatic hydroxyl groups is 2. The molecule has 1 aliphatic heterocycles. The standard InChI is InChI=1S/C28H36O7/c1-17-5-10-23-27(2,13-11-24(30)28(23,3)16-29)21(17)15-22(20-12-14-34-26(20)32)35-19-8-6-18(7-9-19)25(31)33-4/h6-9,12,21-24,29-30H,1,5,10-11,13-16H2,2-4H3/t21-,22?,23+,24-,27+,28+/m1/s1. The molecule has 7 heteroatoms. The number of methoxy groups -OCH3 is 1. The molecule has 1 aromatic rings. The zero-order valence-corrected chi connectivity index (χ0v) is 20.8. The molecule has 190 valence electrons. The van der Waals surface area contributed by atoms with Gasteiger partial charge in [0.2, 0.25) is 0 Å². The molecule has 0 radical (unpaired) electrons. The lowest BCUT2D eigenvalue weighted by molar-refractivity contribution is -0.154. The number of allylic oxidation sites excluding steroid dienone is 1. The van der Waals surface area contributed by atoms with Crippen molar-refractivity contribution in [1.29, 1.82) is 0 Å². The first-order valence-corrected chi connectivity index (χ1v) is 12.3. The monoisotopic (exact) mass is 484 g/mol. The largest absolute Gasteiger partial charge is 0.485 e. The van der Waals surface area contributed by atoms with E-state index in [2.05, 4.69) is 13.5 Å². The number of esters is 2. The lowest BCUT2D eigenvalue weighted by Crippen LogP contribution is -2.57. The zero-order valence-electron chi connectivity index (χ0n) is 20.8. The van der Waals surface area contributed by atoms with E-state index in [0.29, 0.717) is 29.7 Å². The Kier molecular flexibility index (Phi) is 7.11. The van der Waals surface area contributed by atoms with Crippen molar-refractivity contribution in [2.75, 3.05) is 20.3 Å². The van der Waals surface area contributed by atoms with E-state index in [1.807, 2.05) is 6.92 Å². The molecule has 35 heavy (non-hydrogen) atoms. The van der Waals surface area contributed by atoms with Gasteiger partial charge >= 0.3 is 11.9 Å². The summed E-state index contributed by atoms with van der Waals surface area (Å²) >= 11 is 0. The zero-order chi connectivity index (χ0) is 25.4. The van der Waals surface area contributed by atoms with Crippen LogP contribution < -0.4 is 4.74 Å². The number of fused-ring (bicyclic) bond motifs is 1. The summed E-state index contributed by atoms with van der Waals surface area (Å²) in [5, 5.41) is 21.1. The molecule has 1 unspecified atom stereocenters. The fraction of sp³-hybridized carbons (Fsp3) is 0.571. The van der Waals surface area contributed by atoms with Crippen molar-refractivity contribution in [2.24, 2.45) is 22.7 Å². The first-order chi connectivity index (χ1) is 16.6. The van der Waals surface area contributed by atoms with Gasteiger partial charge in [0, 0.05) is 5.41 Å². The molecule has 0 aromatic heterocycles. The molecule has 0 amide bonds. The van der Waals surface area contributed by atoms with E-state index in [-0.39, 0.29) is 36.4 Å². The Balaban J connectivity index is 1.64. The van der Waals surface area contributed by atoms with E-state index >= 15 is 0 Å². The van der Waals surface area contributed by atoms with Crippen molar-refractivity contribution in [1.82, 2.24) is 0 Å². The number of cyclic esters (lactones) is 1. The van der Waals surface area contributed by atoms with Gasteiger partial charge in [-0.1, -0.05) is 26.0 Å². The van der Waals surface area contributed by atoms with Gasteiger partial charge in [-0.2, -0.15) is 0 Å². The van der Waals surface area contributed by atoms with Gasteiger partial charge in [0.05, 0.1) is 31.0 Å². The van der Waals surface area contributed by atoms with Crippen LogP contribution >= 0.6 is 0 Å². The Morgan fingerprint density at radius 2 is 1.97 bits per heavy atom. The van der Waals surface area contributed by atoms with Gasteiger partial charge in [0.1, 0.15) is 18.5 Å². The lowest BCUT2D eigenvalue weighted by Gasteiger charge is -2.60. The highest BCUT2D eigenvalue weighted by atomic mass is 16.5. The molecule has 3 aliphatic rings. The second-order valence-electron chi connectivity index (χ2n) is 10.6. The molecular weight excluding hydrogens is 448 g/mol. The third-order valence-corrected chi connectivity index (χ3v) is 8.80. The minimum atomic E-state index is -0.586. The number of carbonyl (C=O) groups excluding carboxylic acids is 2. The second-order valence-corrected chi connectivity index (χ2v) is 10.6. The van der Waals surface area contributed by atoms with Crippen LogP contribution in [0, 0.1) is 22.7 Å². The Morgan fingerprint density at radius 1 is 1.26 bits per heavy atom. The van der Waals surface area contributed by atoms with Gasteiger partial charge in [0.25, 0.3) is 0 Å². The van der Waals surface area contributed by atoms with E-state index < -0.39 is 23.6 Å². The van der Waals surface area contributed by atoms with Crippen LogP contribution in [0.1, 0.15) is 56.3 Å². The van der Waals surface area contributed by atoms with Crippen LogP contribution in [-0.4, -0.2) is 54.7 Å². The molecule has 2 saturated carbocycles. The van der Waals surface area contributed by atoms with E-state index in [0.717, 1.165) is 24.8 Å². The molecule has 7 nitrogen and oxygen atoms in total. The Morgan fingerprint density at radius 3 is 2.57 bits per heavy atom. The molecule has 1 heterocycles. The summed E-state index contributed by atoms with van der Waals surface area (Å²) in [6, 6.07) is 6.65. The van der Waals surface area contributed by atoms with E-state index in [1.165, 1.54) is 7.11 Å². The van der Waals surface area contributed by atoms with Crippen molar-refractivity contribution in [3.8, 4) is 5.75 Å². The van der Waals surface area contributed by atoms with Crippen molar-refractivity contribution in [3.05, 3.63) is 53.6 Å². The van der Waals surface area contributed by atoms with Gasteiger partial charge in [0.15, 0.2) is 0 Å². The molecule has 4 rings (SSSR count). The van der Waals surface area contributed by atoms with Crippen molar-refractivity contribution >= 4 is 11.9 Å². The predicted octanol–water partition coefficient (Wildman–Crippen LogP) is 3.84. The van der Waals surface area contributed by atoms with Gasteiger partial charge in [-0.15, -0.1) is 0 Å². The van der Waals surface area contributed by atoms with Gasteiger partial charge in [-0.3, -0.25) is 0 Å². The number of aliphatic hydroxyl groups excluding tert-OH is 2. The van der Waals surface area contributed by atoms with E-state index in [9.17, 15) is 19.8 Å². The molecule has 0 saturated heterocycles. The fourth-order valence-electron chi connectivity index (χ4n) is 6.68. The highest BCUT2D eigenvalue weighted by molar-refractivity contribution is 5.91. The number of hydrogen-bond acceptors (Lipinski definition) is 7. The molecular formula is C28H36O7. The van der Waals surface area contributed by atoms with Gasteiger partial charge in [-0.05, 0) is 79.7 Å². The van der Waals surface area contributed by atoms with Gasteiger partial charge in [-0.25, -0.2) is 9.59 Å². The number of rotatable bonds is 7. The number of hydrogen-bond donors (Lipinski definition) is 2. The second kappa shape index (κ2) is 9.78. The topological polar surface area (TPSA) is 102 Å². The third-order valence-electron chi connectivity index (χ3n) is 8.80. The average Bonchev–Trinajstić information content (AvgIpc) is 3.29. The summed E-state index contributed by atoms with van der Waals surface area (Å²) < 4.78 is 16.3.